The van der Waals surface area contributed by atoms with E-state index in [9.17, 15) is 4.79 Å². The van der Waals surface area contributed by atoms with E-state index < -0.39 is 0 Å². The molecule has 0 aliphatic carbocycles. The van der Waals surface area contributed by atoms with E-state index in [4.69, 9.17) is 27.9 Å². The van der Waals surface area contributed by atoms with Crippen molar-refractivity contribution in [3.63, 3.8) is 0 Å². The van der Waals surface area contributed by atoms with E-state index in [-0.39, 0.29) is 24.4 Å². The van der Waals surface area contributed by atoms with Crippen molar-refractivity contribution in [2.75, 3.05) is 33.2 Å². The number of H-pyrrole nitrogens is 1. The van der Waals surface area contributed by atoms with Crippen molar-refractivity contribution in [1.82, 2.24) is 25.0 Å². The summed E-state index contributed by atoms with van der Waals surface area (Å²) in [6.45, 7) is 5.18. The number of nitrogens with one attached hydrogen (secondary N) is 1. The fraction of sp³-hybridized carbons (Fsp3) is 0.269. The molecule has 2 aromatic heterocycles. The molecule has 0 radical (unpaired) electrons. The Morgan fingerprint density at radius 2 is 1.69 bits per heavy atom. The van der Waals surface area contributed by atoms with Gasteiger partial charge in [0.2, 0.25) is 0 Å². The highest BCUT2D eigenvalue weighted by Crippen LogP contribution is 2.34. The number of carbonyl (C=O) groups is 1. The van der Waals surface area contributed by atoms with Gasteiger partial charge >= 0.3 is 0 Å². The molecule has 1 amide bonds. The largest absolute Gasteiger partial charge is 0.486 e. The van der Waals surface area contributed by atoms with Crippen LogP contribution in [-0.4, -0.2) is 64.1 Å². The summed E-state index contributed by atoms with van der Waals surface area (Å²) in [6.07, 6.45) is 2.74. The van der Waals surface area contributed by atoms with Crippen LogP contribution in [0.15, 0.2) is 54.9 Å². The Balaban J connectivity index is 0.00000304. The Labute approximate surface area is 225 Å². The number of rotatable bonds is 5. The summed E-state index contributed by atoms with van der Waals surface area (Å²) in [5.74, 6) is 0.730. The second kappa shape index (κ2) is 11.0. The quantitative estimate of drug-likeness (QED) is 0.338. The fourth-order valence-electron chi connectivity index (χ4n) is 4.32. The molecule has 1 fully saturated rings. The van der Waals surface area contributed by atoms with Crippen molar-refractivity contribution in [3.05, 3.63) is 76.0 Å². The SMILES string of the molecule is CC(Oc1ccc2[nH]nc(-c3ccc(C(=O)N4CCN(C)CC4)cc3)c2c1)c1c(Cl)cncc1Cl.Cl. The van der Waals surface area contributed by atoms with Crippen LogP contribution in [0.1, 0.15) is 28.9 Å². The van der Waals surface area contributed by atoms with Gasteiger partial charge in [-0.05, 0) is 44.3 Å². The molecule has 1 unspecified atom stereocenters. The summed E-state index contributed by atoms with van der Waals surface area (Å²) in [5.41, 5.74) is 3.96. The molecule has 1 saturated heterocycles. The van der Waals surface area contributed by atoms with Crippen molar-refractivity contribution >= 4 is 52.4 Å². The lowest BCUT2D eigenvalue weighted by Gasteiger charge is -2.32. The minimum atomic E-state index is -0.370. The Morgan fingerprint density at radius 1 is 1.03 bits per heavy atom. The van der Waals surface area contributed by atoms with Crippen LogP contribution < -0.4 is 4.74 Å². The van der Waals surface area contributed by atoms with Gasteiger partial charge in [0, 0.05) is 60.6 Å². The summed E-state index contributed by atoms with van der Waals surface area (Å²) in [7, 11) is 2.07. The molecule has 36 heavy (non-hydrogen) atoms. The smallest absolute Gasteiger partial charge is 0.253 e. The minimum Gasteiger partial charge on any atom is -0.486 e. The van der Waals surface area contributed by atoms with Crippen LogP contribution in [0, 0.1) is 0 Å². The maximum Gasteiger partial charge on any atom is 0.253 e. The first-order valence-electron chi connectivity index (χ1n) is 11.4. The van der Waals surface area contributed by atoms with Gasteiger partial charge in [-0.2, -0.15) is 5.10 Å². The Hall–Kier alpha value is -2.84. The first kappa shape index (κ1) is 26.2. The van der Waals surface area contributed by atoms with Crippen LogP contribution >= 0.6 is 35.6 Å². The van der Waals surface area contributed by atoms with E-state index in [2.05, 4.69) is 27.1 Å². The molecule has 4 aromatic rings. The van der Waals surface area contributed by atoms with E-state index in [0.29, 0.717) is 26.9 Å². The number of aromatic nitrogens is 3. The summed E-state index contributed by atoms with van der Waals surface area (Å²) < 4.78 is 6.16. The minimum absolute atomic E-state index is 0. The topological polar surface area (TPSA) is 74.3 Å². The Bertz CT molecular complexity index is 1350. The van der Waals surface area contributed by atoms with Crippen molar-refractivity contribution in [3.8, 4) is 17.0 Å². The molecule has 1 aliphatic rings. The highest BCUT2D eigenvalue weighted by atomic mass is 35.5. The second-order valence-corrected chi connectivity index (χ2v) is 9.54. The van der Waals surface area contributed by atoms with Crippen LogP contribution in [0.4, 0.5) is 0 Å². The van der Waals surface area contributed by atoms with Crippen LogP contribution in [0.5, 0.6) is 5.75 Å². The number of nitrogens with zero attached hydrogens (tertiary/aromatic N) is 4. The van der Waals surface area contributed by atoms with Crippen LogP contribution in [0.25, 0.3) is 22.2 Å². The first-order chi connectivity index (χ1) is 16.9. The van der Waals surface area contributed by atoms with Crippen molar-refractivity contribution in [2.45, 2.75) is 13.0 Å². The number of hydrogen-bond acceptors (Lipinski definition) is 5. The van der Waals surface area contributed by atoms with Crippen molar-refractivity contribution < 1.29 is 9.53 Å². The number of aromatic amines is 1. The molecule has 0 spiro atoms. The third-order valence-electron chi connectivity index (χ3n) is 6.34. The number of ether oxygens (including phenoxy) is 1. The van der Waals surface area contributed by atoms with Gasteiger partial charge in [0.05, 0.1) is 15.6 Å². The third-order valence-corrected chi connectivity index (χ3v) is 6.94. The van der Waals surface area contributed by atoms with Gasteiger partial charge in [0.25, 0.3) is 5.91 Å². The molecule has 3 heterocycles. The zero-order valence-corrected chi connectivity index (χ0v) is 22.2. The van der Waals surface area contributed by atoms with Gasteiger partial charge in [-0.3, -0.25) is 14.9 Å². The van der Waals surface area contributed by atoms with Gasteiger partial charge in [0.1, 0.15) is 17.5 Å². The number of halogens is 3. The summed E-state index contributed by atoms with van der Waals surface area (Å²) >= 11 is 12.6. The molecule has 188 valence electrons. The molecule has 2 aromatic carbocycles. The summed E-state index contributed by atoms with van der Waals surface area (Å²) in [5, 5.41) is 9.42. The summed E-state index contributed by atoms with van der Waals surface area (Å²) in [6, 6.07) is 13.4. The molecule has 1 N–H and O–H groups in total. The van der Waals surface area contributed by atoms with Gasteiger partial charge < -0.3 is 14.5 Å². The third kappa shape index (κ3) is 5.30. The van der Waals surface area contributed by atoms with Crippen molar-refractivity contribution in [2.24, 2.45) is 0 Å². The standard InChI is InChI=1S/C26H25Cl2N5O2.ClH/c1-16(24-21(27)14-29-15-22(24)28)35-19-7-8-23-20(13-19)25(31-30-23)17-3-5-18(6-4-17)26(34)33-11-9-32(2)10-12-33;/h3-8,13-16H,9-12H2,1-2H3,(H,30,31);1H. The number of likely N-dealkylation sites (N-methyl/N-ethyl adjacent to an activating group) is 1. The fourth-order valence-corrected chi connectivity index (χ4v) is 4.99. The molecule has 1 aliphatic heterocycles. The normalized spacial score (nSPS) is 14.9. The molecule has 1 atom stereocenters. The lowest BCUT2D eigenvalue weighted by Crippen LogP contribution is -2.47. The van der Waals surface area contributed by atoms with E-state index >= 15 is 0 Å². The monoisotopic (exact) mass is 545 g/mol. The number of fused-ring (bicyclic) bond motifs is 1. The lowest BCUT2D eigenvalue weighted by molar-refractivity contribution is 0.0664. The second-order valence-electron chi connectivity index (χ2n) is 8.73. The lowest BCUT2D eigenvalue weighted by atomic mass is 10.0. The number of hydrogen-bond donors (Lipinski definition) is 1. The highest BCUT2D eigenvalue weighted by molar-refractivity contribution is 6.35. The maximum atomic E-state index is 12.9. The number of carbonyl (C=O) groups excluding carboxylic acids is 1. The van der Waals surface area contributed by atoms with Crippen LogP contribution in [0.3, 0.4) is 0 Å². The molecular formula is C26H26Cl3N5O2. The predicted octanol–water partition coefficient (Wildman–Crippen LogP) is 5.88. The zero-order valence-electron chi connectivity index (χ0n) is 19.9. The number of amides is 1. The number of pyridine rings is 1. The average molecular weight is 547 g/mol. The average Bonchev–Trinajstić information content (AvgIpc) is 3.27. The van der Waals surface area contributed by atoms with E-state index in [1.807, 2.05) is 54.3 Å². The van der Waals surface area contributed by atoms with E-state index in [0.717, 1.165) is 48.3 Å². The maximum absolute atomic E-state index is 12.9. The molecule has 10 heteroatoms. The zero-order chi connectivity index (χ0) is 24.5. The van der Waals surface area contributed by atoms with Crippen molar-refractivity contribution in [1.29, 1.82) is 0 Å². The highest BCUT2D eigenvalue weighted by Gasteiger charge is 2.21. The molecule has 0 bridgehead atoms. The Kier molecular flexibility index (Phi) is 8.05. The molecule has 0 saturated carbocycles. The molecule has 7 nitrogen and oxygen atoms in total. The van der Waals surface area contributed by atoms with Gasteiger partial charge in [-0.1, -0.05) is 35.3 Å². The molecule has 5 rings (SSSR count). The van der Waals surface area contributed by atoms with Gasteiger partial charge in [0.15, 0.2) is 0 Å². The summed E-state index contributed by atoms with van der Waals surface area (Å²) in [4.78, 5) is 21.0. The van der Waals surface area contributed by atoms with E-state index in [1.54, 1.807) is 12.4 Å². The van der Waals surface area contributed by atoms with Gasteiger partial charge in [-0.15, -0.1) is 12.4 Å². The Morgan fingerprint density at radius 3 is 2.36 bits per heavy atom. The predicted molar refractivity (Wildman–Crippen MR) is 145 cm³/mol. The number of piperazine rings is 1. The first-order valence-corrected chi connectivity index (χ1v) is 12.2. The number of benzene rings is 2. The van der Waals surface area contributed by atoms with Gasteiger partial charge in [-0.25, -0.2) is 0 Å². The van der Waals surface area contributed by atoms with Crippen LogP contribution in [0.2, 0.25) is 10.0 Å². The van der Waals surface area contributed by atoms with E-state index in [1.165, 1.54) is 0 Å². The van der Waals surface area contributed by atoms with Crippen LogP contribution in [-0.2, 0) is 0 Å². The molecular weight excluding hydrogens is 521 g/mol.